The maximum atomic E-state index is 5.46. The van der Waals surface area contributed by atoms with Gasteiger partial charge < -0.3 is 7.43 Å². The Bertz CT molecular complexity index is 1660. The van der Waals surface area contributed by atoms with Crippen molar-refractivity contribution < 1.29 is 13.4 Å². The molecule has 0 amide bonds. The van der Waals surface area contributed by atoms with E-state index in [1.807, 2.05) is 30.5 Å². The van der Waals surface area contributed by atoms with Crippen molar-refractivity contribution in [2.24, 2.45) is 23.7 Å². The molecule has 259 valence electrons. The van der Waals surface area contributed by atoms with E-state index >= 15 is 0 Å². The Balaban J connectivity index is 0.000000242. The smallest absolute Gasteiger partial charge is 0.0406 e. The van der Waals surface area contributed by atoms with E-state index in [0.717, 1.165) is 35.8 Å². The second-order valence-electron chi connectivity index (χ2n) is 12.6. The van der Waals surface area contributed by atoms with E-state index in [4.69, 9.17) is 31.7 Å². The molecule has 2 saturated carbocycles. The molecule has 2 aromatic heterocycles. The molecule has 2 nitrogen and oxygen atoms in total. The van der Waals surface area contributed by atoms with Gasteiger partial charge in [-0.25, -0.2) is 0 Å². The molecule has 4 unspecified atom stereocenters. The number of fused-ring (bicyclic) bond motifs is 3. The van der Waals surface area contributed by atoms with E-state index in [2.05, 4.69) is 101 Å². The normalized spacial score (nSPS) is 19.5. The van der Waals surface area contributed by atoms with Crippen molar-refractivity contribution in [3.8, 4) is 0 Å². The summed E-state index contributed by atoms with van der Waals surface area (Å²) in [6.07, 6.45) is 18.7. The molecule has 49 heavy (non-hydrogen) atoms. The maximum Gasteiger partial charge on any atom is 0.0406 e. The summed E-state index contributed by atoms with van der Waals surface area (Å²) < 4.78 is 0. The zero-order valence-corrected chi connectivity index (χ0v) is 31.3. The van der Waals surface area contributed by atoms with Crippen LogP contribution in [0.4, 0.5) is 0 Å². The van der Waals surface area contributed by atoms with E-state index in [0.29, 0.717) is 5.88 Å². The van der Waals surface area contributed by atoms with Crippen molar-refractivity contribution in [2.45, 2.75) is 64.7 Å². The minimum absolute atomic E-state index is 0. The van der Waals surface area contributed by atoms with Gasteiger partial charge in [-0.2, -0.15) is 0 Å². The summed E-state index contributed by atoms with van der Waals surface area (Å²) in [4.78, 5) is 8.60. The van der Waals surface area contributed by atoms with Gasteiger partial charge in [0.25, 0.3) is 0 Å². The zero-order chi connectivity index (χ0) is 32.7. The zero-order valence-electron chi connectivity index (χ0n) is 27.7. The summed E-state index contributed by atoms with van der Waals surface area (Å²) in [5, 5.41) is 2.85. The molecule has 2 heterocycles. The fraction of sp³-hybridized carbons (Fsp3) is 0.326. The van der Waals surface area contributed by atoms with Crippen molar-refractivity contribution in [1.29, 1.82) is 0 Å². The van der Waals surface area contributed by atoms with E-state index in [9.17, 15) is 0 Å². The first kappa shape index (κ1) is 40.8. The molecule has 3 aliphatic carbocycles. The number of benzene rings is 3. The quantitative estimate of drug-likeness (QED) is 0.132. The van der Waals surface area contributed by atoms with Crippen LogP contribution in [0.25, 0.3) is 16.8 Å². The van der Waals surface area contributed by atoms with Gasteiger partial charge in [-0.05, 0) is 114 Å². The number of allylic oxidation sites excluding steroid dienone is 1. The van der Waals surface area contributed by atoms with Crippen LogP contribution in [0.5, 0.6) is 0 Å². The molecule has 4 atom stereocenters. The van der Waals surface area contributed by atoms with Gasteiger partial charge >= 0.3 is 33.5 Å². The summed E-state index contributed by atoms with van der Waals surface area (Å²) in [6.45, 7) is 0. The van der Waals surface area contributed by atoms with E-state index < -0.39 is 0 Å². The Morgan fingerprint density at radius 3 is 1.90 bits per heavy atom. The SMILES string of the molecule is C.C1=Cc2ccccc2C1.ClCc1ccccn1.[CH3-].[Cl][Cr+][Cl].c1ccc(CC2CC(Cc3cccc4ccccc34)C3CCCCC23)nc1. The molecule has 6 heteroatoms. The Morgan fingerprint density at radius 2 is 1.27 bits per heavy atom. The summed E-state index contributed by atoms with van der Waals surface area (Å²) in [5.41, 5.74) is 6.61. The topological polar surface area (TPSA) is 25.8 Å². The fourth-order valence-electron chi connectivity index (χ4n) is 7.78. The van der Waals surface area contributed by atoms with Crippen LogP contribution in [0.1, 0.15) is 67.6 Å². The van der Waals surface area contributed by atoms with Crippen LogP contribution in [0.15, 0.2) is 122 Å². The summed E-state index contributed by atoms with van der Waals surface area (Å²) in [5.74, 6) is 4.01. The Morgan fingerprint density at radius 1 is 0.673 bits per heavy atom. The number of hydrogen-bond donors (Lipinski definition) is 0. The second-order valence-corrected chi connectivity index (χ2v) is 14.9. The Kier molecular flexibility index (Phi) is 18.5. The number of nitrogens with zero attached hydrogens (tertiary/aromatic N) is 2. The van der Waals surface area contributed by atoms with Gasteiger partial charge in [0.15, 0.2) is 0 Å². The van der Waals surface area contributed by atoms with Crippen molar-refractivity contribution in [1.82, 2.24) is 9.97 Å². The molecule has 0 radical (unpaired) electrons. The van der Waals surface area contributed by atoms with Gasteiger partial charge in [0, 0.05) is 18.1 Å². The van der Waals surface area contributed by atoms with Gasteiger partial charge in [-0.3, -0.25) is 9.97 Å². The third-order valence-corrected chi connectivity index (χ3v) is 10.1. The standard InChI is InChI=1S/C26H29N.C9H8.C6H6ClN.CH4.CH3.2ClH.Cr/c1-2-12-24-19(8-1)9-7-10-20(24)16-21-17-22(18-23-11-5-6-15-27-23)26-14-4-3-13-25(21)26;1-2-5-9-7-3-6-8(9)4-1;7-5-6-3-1-2-4-8-6;;;;;/h1-2,5-12,15,21-22,25-26H,3-4,13-14,16-18H2;1-6H,7H2;1-4H,5H2;1H4;1H3;2*1H;/q;;;;-1;;;+3/p-2. The Labute approximate surface area is 315 Å². The molecule has 3 aliphatic rings. The molecule has 5 aromatic rings. The average Bonchev–Trinajstić information content (AvgIpc) is 3.75. The molecule has 0 bridgehead atoms. The summed E-state index contributed by atoms with van der Waals surface area (Å²) >= 11 is 5.28. The summed E-state index contributed by atoms with van der Waals surface area (Å²) in [7, 11) is 9.65. The number of halogens is 3. The predicted molar refractivity (Wildman–Crippen MR) is 210 cm³/mol. The largest absolute Gasteiger partial charge is 0.261 e. The number of alkyl halides is 1. The van der Waals surface area contributed by atoms with Gasteiger partial charge in [0.05, 0.1) is 11.6 Å². The van der Waals surface area contributed by atoms with Gasteiger partial charge in [-0.15, -0.1) is 11.6 Å². The minimum Gasteiger partial charge on any atom is -0.261 e. The van der Waals surface area contributed by atoms with E-state index in [1.165, 1.54) is 72.5 Å². The fourth-order valence-corrected chi connectivity index (χ4v) is 7.94. The molecule has 8 rings (SSSR count). The number of hydrogen-bond acceptors (Lipinski definition) is 2. The third kappa shape index (κ3) is 12.0. The third-order valence-electron chi connectivity index (χ3n) is 9.80. The van der Waals surface area contributed by atoms with Crippen molar-refractivity contribution >= 4 is 48.5 Å². The second kappa shape index (κ2) is 22.2. The molecule has 0 saturated heterocycles. The summed E-state index contributed by atoms with van der Waals surface area (Å²) in [6, 6.07) is 36.3. The number of rotatable bonds is 5. The average molecular weight is 753 g/mol. The van der Waals surface area contributed by atoms with E-state index in [1.54, 1.807) is 11.8 Å². The van der Waals surface area contributed by atoms with Crippen LogP contribution in [0.3, 0.4) is 0 Å². The molecule has 0 N–H and O–H groups in total. The van der Waals surface area contributed by atoms with Crippen LogP contribution >= 0.6 is 31.7 Å². The monoisotopic (exact) mass is 751 g/mol. The predicted octanol–water partition coefficient (Wildman–Crippen LogP) is 13.0. The number of aromatic nitrogens is 2. The van der Waals surface area contributed by atoms with Crippen LogP contribution < -0.4 is 0 Å². The van der Waals surface area contributed by atoms with E-state index in [-0.39, 0.29) is 28.2 Å². The van der Waals surface area contributed by atoms with Crippen LogP contribution in [0, 0.1) is 31.1 Å². The number of pyridine rings is 2. The first-order valence-corrected chi connectivity index (χ1v) is 20.7. The molecule has 0 aliphatic heterocycles. The van der Waals surface area contributed by atoms with Crippen LogP contribution in [-0.4, -0.2) is 9.97 Å². The molecule has 2 fully saturated rings. The van der Waals surface area contributed by atoms with Crippen LogP contribution in [-0.2, 0) is 38.5 Å². The molecule has 3 aromatic carbocycles. The van der Waals surface area contributed by atoms with Gasteiger partial charge in [0.2, 0.25) is 0 Å². The van der Waals surface area contributed by atoms with Gasteiger partial charge in [0.1, 0.15) is 0 Å². The van der Waals surface area contributed by atoms with Crippen molar-refractivity contribution in [2.75, 3.05) is 0 Å². The van der Waals surface area contributed by atoms with Crippen LogP contribution in [0.2, 0.25) is 0 Å². The molecular formula is C43H50Cl3CrN2. The first-order valence-electron chi connectivity index (χ1n) is 16.7. The first-order chi connectivity index (χ1) is 23.2. The van der Waals surface area contributed by atoms with Gasteiger partial charge in [-0.1, -0.05) is 111 Å². The Hall–Kier alpha value is -2.64. The molecular weight excluding hydrogens is 703 g/mol. The van der Waals surface area contributed by atoms with Crippen molar-refractivity contribution in [3.05, 3.63) is 157 Å². The van der Waals surface area contributed by atoms with Crippen molar-refractivity contribution in [3.63, 3.8) is 0 Å². The minimum atomic E-state index is -0.181. The molecule has 0 spiro atoms. The maximum absolute atomic E-state index is 5.46.